The Balaban J connectivity index is 1.59. The van der Waals surface area contributed by atoms with Crippen LogP contribution in [0.5, 0.6) is 5.75 Å². The van der Waals surface area contributed by atoms with Crippen LogP contribution in [-0.4, -0.2) is 33.0 Å². The summed E-state index contributed by atoms with van der Waals surface area (Å²) in [5.41, 5.74) is -1.14. The molecule has 200 valence electrons. The number of hydrogen-bond donors (Lipinski definition) is 1. The smallest absolute Gasteiger partial charge is 0.416 e. The molecular formula is C26H21F5N2O4S. The molecule has 0 bridgehead atoms. The Kier molecular flexibility index (Phi) is 6.54. The summed E-state index contributed by atoms with van der Waals surface area (Å²) in [5.74, 6) is -1.49. The van der Waals surface area contributed by atoms with E-state index in [2.05, 4.69) is 5.32 Å². The lowest BCUT2D eigenvalue weighted by molar-refractivity contribution is -0.137. The van der Waals surface area contributed by atoms with Crippen LogP contribution in [0.15, 0.2) is 65.6 Å². The number of halogens is 5. The molecule has 6 nitrogen and oxygen atoms in total. The van der Waals surface area contributed by atoms with E-state index >= 15 is 0 Å². The van der Waals surface area contributed by atoms with Crippen molar-refractivity contribution >= 4 is 21.6 Å². The highest BCUT2D eigenvalue weighted by Gasteiger charge is 2.38. The number of rotatable bonds is 5. The van der Waals surface area contributed by atoms with Crippen molar-refractivity contribution in [3.8, 4) is 16.9 Å². The van der Waals surface area contributed by atoms with E-state index in [9.17, 15) is 35.2 Å². The van der Waals surface area contributed by atoms with Crippen molar-refractivity contribution in [1.82, 2.24) is 5.32 Å². The largest absolute Gasteiger partial charge is 0.486 e. The number of nitrogens with one attached hydrogen (secondary N) is 1. The van der Waals surface area contributed by atoms with Gasteiger partial charge in [0, 0.05) is 24.4 Å². The number of nitrogens with zero attached hydrogens (tertiary/aromatic N) is 1. The first-order valence-electron chi connectivity index (χ1n) is 11.7. The van der Waals surface area contributed by atoms with E-state index < -0.39 is 44.4 Å². The van der Waals surface area contributed by atoms with Gasteiger partial charge in [-0.25, -0.2) is 17.2 Å². The molecule has 2 atom stereocenters. The minimum Gasteiger partial charge on any atom is -0.486 e. The third-order valence-electron chi connectivity index (χ3n) is 6.51. The molecule has 2 heterocycles. The molecule has 0 aromatic heterocycles. The zero-order chi connectivity index (χ0) is 27.2. The van der Waals surface area contributed by atoms with Crippen LogP contribution < -0.4 is 14.4 Å². The van der Waals surface area contributed by atoms with Crippen LogP contribution in [0, 0.1) is 11.6 Å². The van der Waals surface area contributed by atoms with Gasteiger partial charge >= 0.3 is 6.18 Å². The summed E-state index contributed by atoms with van der Waals surface area (Å²) >= 11 is 0. The molecule has 1 unspecified atom stereocenters. The fraction of sp³-hybridized carbons (Fsp3) is 0.269. The maximum absolute atomic E-state index is 14.5. The molecule has 3 aromatic carbocycles. The molecule has 3 aromatic rings. The normalized spacial score (nSPS) is 19.6. The van der Waals surface area contributed by atoms with E-state index in [1.54, 1.807) is 0 Å². The summed E-state index contributed by atoms with van der Waals surface area (Å²) in [6, 6.07) is 10.1. The van der Waals surface area contributed by atoms with Crippen molar-refractivity contribution in [2.24, 2.45) is 0 Å². The SMILES string of the molecule is O=C1CCC(C[C@H]2CN(S(=O)(=O)c3cccc(C(F)(F)F)c3)c3cc(-c4cc(F)ccc4F)ccc3O2)N1. The predicted molar refractivity (Wildman–Crippen MR) is 128 cm³/mol. The van der Waals surface area contributed by atoms with Gasteiger partial charge in [0.25, 0.3) is 10.0 Å². The minimum absolute atomic E-state index is 0.0321. The standard InChI is InChI=1S/C26H21F5N2O4S/c27-17-5-7-22(28)21(12-17)15-4-8-24-23(10-15)33(14-19(37-24)13-18-6-9-25(34)32-18)38(35,36)20-3-1-2-16(11-20)26(29,30)31/h1-5,7-8,10-12,18-19H,6,9,13-14H2,(H,32,34)/t18?,19-/m0/s1. The maximum Gasteiger partial charge on any atom is 0.416 e. The Labute approximate surface area is 215 Å². The summed E-state index contributed by atoms with van der Waals surface area (Å²) in [5, 5.41) is 2.79. The summed E-state index contributed by atoms with van der Waals surface area (Å²) < 4.78 is 103. The summed E-state index contributed by atoms with van der Waals surface area (Å²) in [7, 11) is -4.55. The average molecular weight is 553 g/mol. The number of sulfonamides is 1. The topological polar surface area (TPSA) is 75.7 Å². The Morgan fingerprint density at radius 1 is 1.03 bits per heavy atom. The van der Waals surface area contributed by atoms with Gasteiger partial charge in [-0.15, -0.1) is 0 Å². The highest BCUT2D eigenvalue weighted by atomic mass is 32.2. The molecule has 1 saturated heterocycles. The van der Waals surface area contributed by atoms with Crippen molar-refractivity contribution in [3.63, 3.8) is 0 Å². The first kappa shape index (κ1) is 26.0. The average Bonchev–Trinajstić information content (AvgIpc) is 3.28. The van der Waals surface area contributed by atoms with Crippen molar-refractivity contribution in [2.75, 3.05) is 10.8 Å². The lowest BCUT2D eigenvalue weighted by atomic mass is 10.0. The Morgan fingerprint density at radius 2 is 1.82 bits per heavy atom. The molecule has 5 rings (SSSR count). The number of anilines is 1. The second-order valence-electron chi connectivity index (χ2n) is 9.15. The van der Waals surface area contributed by atoms with E-state index in [1.165, 1.54) is 18.2 Å². The molecule has 1 amide bonds. The Bertz CT molecular complexity index is 1510. The molecule has 2 aliphatic rings. The first-order valence-corrected chi connectivity index (χ1v) is 13.1. The number of hydrogen-bond acceptors (Lipinski definition) is 4. The second-order valence-corrected chi connectivity index (χ2v) is 11.0. The van der Waals surface area contributed by atoms with Gasteiger partial charge in [-0.3, -0.25) is 9.10 Å². The monoisotopic (exact) mass is 552 g/mol. The second kappa shape index (κ2) is 9.57. The molecule has 1 N–H and O–H groups in total. The van der Waals surface area contributed by atoms with Gasteiger partial charge in [-0.05, 0) is 60.5 Å². The third kappa shape index (κ3) is 5.04. The van der Waals surface area contributed by atoms with Gasteiger partial charge < -0.3 is 10.1 Å². The Morgan fingerprint density at radius 3 is 2.53 bits per heavy atom. The third-order valence-corrected chi connectivity index (χ3v) is 8.29. The number of ether oxygens (including phenoxy) is 1. The van der Waals surface area contributed by atoms with Crippen LogP contribution in [0.1, 0.15) is 24.8 Å². The molecule has 38 heavy (non-hydrogen) atoms. The molecule has 2 aliphatic heterocycles. The maximum atomic E-state index is 14.5. The summed E-state index contributed by atoms with van der Waals surface area (Å²) in [4.78, 5) is 11.0. The Hall–Kier alpha value is -3.67. The van der Waals surface area contributed by atoms with Gasteiger partial charge in [-0.2, -0.15) is 13.2 Å². The summed E-state index contributed by atoms with van der Waals surface area (Å²) in [6.07, 6.45) is -4.38. The van der Waals surface area contributed by atoms with Crippen molar-refractivity contribution in [1.29, 1.82) is 0 Å². The highest BCUT2D eigenvalue weighted by Crippen LogP contribution is 2.42. The first-order chi connectivity index (χ1) is 17.9. The van der Waals surface area contributed by atoms with Crippen molar-refractivity contribution < 1.29 is 39.9 Å². The lowest BCUT2D eigenvalue weighted by Crippen LogP contribution is -2.45. The van der Waals surface area contributed by atoms with Crippen LogP contribution >= 0.6 is 0 Å². The molecule has 0 radical (unpaired) electrons. The van der Waals surface area contributed by atoms with Gasteiger partial charge in [-0.1, -0.05) is 12.1 Å². The van der Waals surface area contributed by atoms with E-state index in [-0.39, 0.29) is 47.5 Å². The molecule has 12 heteroatoms. The number of fused-ring (bicyclic) bond motifs is 1. The number of benzene rings is 3. The molecule has 0 spiro atoms. The highest BCUT2D eigenvalue weighted by molar-refractivity contribution is 7.92. The number of alkyl halides is 3. The van der Waals surface area contributed by atoms with E-state index in [4.69, 9.17) is 4.74 Å². The van der Waals surface area contributed by atoms with Gasteiger partial charge in [0.15, 0.2) is 0 Å². The minimum atomic E-state index is -4.76. The fourth-order valence-corrected chi connectivity index (χ4v) is 6.23. The molecular weight excluding hydrogens is 531 g/mol. The fourth-order valence-electron chi connectivity index (χ4n) is 4.68. The van der Waals surface area contributed by atoms with Crippen LogP contribution in [0.4, 0.5) is 27.6 Å². The quantitative estimate of drug-likeness (QED) is 0.438. The zero-order valence-electron chi connectivity index (χ0n) is 19.6. The van der Waals surface area contributed by atoms with Gasteiger partial charge in [0.2, 0.25) is 5.91 Å². The molecule has 0 saturated carbocycles. The zero-order valence-corrected chi connectivity index (χ0v) is 20.5. The van der Waals surface area contributed by atoms with Crippen LogP contribution in [-0.2, 0) is 21.0 Å². The number of carbonyl (C=O) groups is 1. The molecule has 0 aliphatic carbocycles. The lowest BCUT2D eigenvalue weighted by Gasteiger charge is -2.36. The summed E-state index contributed by atoms with van der Waals surface area (Å²) in [6.45, 7) is -0.271. The van der Waals surface area contributed by atoms with E-state index in [1.807, 2.05) is 0 Å². The van der Waals surface area contributed by atoms with Crippen molar-refractivity contribution in [3.05, 3.63) is 77.9 Å². The van der Waals surface area contributed by atoms with Crippen LogP contribution in [0.3, 0.4) is 0 Å². The number of amides is 1. The number of carbonyl (C=O) groups excluding carboxylic acids is 1. The van der Waals surface area contributed by atoms with Gasteiger partial charge in [0.05, 0.1) is 22.7 Å². The predicted octanol–water partition coefficient (Wildman–Crippen LogP) is 5.28. The van der Waals surface area contributed by atoms with Gasteiger partial charge in [0.1, 0.15) is 23.5 Å². The van der Waals surface area contributed by atoms with Crippen LogP contribution in [0.25, 0.3) is 11.1 Å². The molecule has 1 fully saturated rings. The van der Waals surface area contributed by atoms with Crippen LogP contribution in [0.2, 0.25) is 0 Å². The van der Waals surface area contributed by atoms with E-state index in [0.717, 1.165) is 40.7 Å². The van der Waals surface area contributed by atoms with E-state index in [0.29, 0.717) is 18.9 Å². The van der Waals surface area contributed by atoms with Crippen molar-refractivity contribution in [2.45, 2.75) is 42.5 Å².